The molecule has 2 nitrogen and oxygen atoms in total. The number of hydrogen-bond acceptors (Lipinski definition) is 2. The van der Waals surface area contributed by atoms with Crippen LogP contribution < -0.4 is 10.1 Å². The van der Waals surface area contributed by atoms with E-state index in [0.717, 1.165) is 29.4 Å². The molecular formula is C13H20ClNO. The van der Waals surface area contributed by atoms with E-state index in [-0.39, 0.29) is 0 Å². The number of halogens is 1. The lowest BCUT2D eigenvalue weighted by Crippen LogP contribution is -2.22. The summed E-state index contributed by atoms with van der Waals surface area (Å²) in [6.45, 7) is 6.86. The molecule has 0 aliphatic rings. The Labute approximate surface area is 103 Å². The van der Waals surface area contributed by atoms with E-state index in [4.69, 9.17) is 16.3 Å². The molecule has 0 unspecified atom stereocenters. The largest absolute Gasteiger partial charge is 0.492 e. The van der Waals surface area contributed by atoms with Gasteiger partial charge >= 0.3 is 0 Å². The Bertz CT molecular complexity index is 315. The van der Waals surface area contributed by atoms with Gasteiger partial charge in [-0.2, -0.15) is 0 Å². The van der Waals surface area contributed by atoms with Gasteiger partial charge in [-0.05, 0) is 43.7 Å². The quantitative estimate of drug-likeness (QED) is 0.739. The fourth-order valence-corrected chi connectivity index (χ4v) is 1.66. The molecule has 1 aromatic carbocycles. The third-order valence-corrected chi connectivity index (χ3v) is 2.62. The van der Waals surface area contributed by atoms with Crippen LogP contribution in [-0.4, -0.2) is 19.7 Å². The monoisotopic (exact) mass is 241 g/mol. The summed E-state index contributed by atoms with van der Waals surface area (Å²) >= 11 is 5.87. The zero-order chi connectivity index (χ0) is 11.8. The average Bonchev–Trinajstić information content (AvgIpc) is 2.26. The van der Waals surface area contributed by atoms with E-state index in [2.05, 4.69) is 12.2 Å². The van der Waals surface area contributed by atoms with Gasteiger partial charge in [0.1, 0.15) is 12.4 Å². The fraction of sp³-hybridized carbons (Fsp3) is 0.538. The van der Waals surface area contributed by atoms with Crippen molar-refractivity contribution in [2.24, 2.45) is 0 Å². The average molecular weight is 242 g/mol. The summed E-state index contributed by atoms with van der Waals surface area (Å²) < 4.78 is 5.65. The first-order chi connectivity index (χ1) is 7.74. The fourth-order valence-electron chi connectivity index (χ4n) is 1.43. The summed E-state index contributed by atoms with van der Waals surface area (Å²) in [5, 5.41) is 4.09. The summed E-state index contributed by atoms with van der Waals surface area (Å²) in [5.41, 5.74) is 1.08. The highest BCUT2D eigenvalue weighted by molar-refractivity contribution is 6.30. The molecule has 0 bridgehead atoms. The minimum Gasteiger partial charge on any atom is -0.492 e. The molecule has 90 valence electrons. The van der Waals surface area contributed by atoms with E-state index in [1.54, 1.807) is 0 Å². The van der Waals surface area contributed by atoms with Gasteiger partial charge in [-0.3, -0.25) is 0 Å². The Hall–Kier alpha value is -0.730. The standard InChI is InChI=1S/C13H20ClNO/c1-3-4-7-15-8-9-16-13-6-5-12(14)10-11(13)2/h5-6,10,15H,3-4,7-9H2,1-2H3. The van der Waals surface area contributed by atoms with Gasteiger partial charge in [-0.15, -0.1) is 0 Å². The maximum atomic E-state index is 5.87. The van der Waals surface area contributed by atoms with Gasteiger partial charge in [0, 0.05) is 11.6 Å². The number of ether oxygens (including phenoxy) is 1. The molecule has 0 atom stereocenters. The first-order valence-corrected chi connectivity index (χ1v) is 6.21. The Morgan fingerprint density at radius 2 is 2.12 bits per heavy atom. The number of hydrogen-bond donors (Lipinski definition) is 1. The Morgan fingerprint density at radius 3 is 2.81 bits per heavy atom. The Balaban J connectivity index is 2.21. The molecule has 16 heavy (non-hydrogen) atoms. The van der Waals surface area contributed by atoms with Crippen molar-refractivity contribution in [1.82, 2.24) is 5.32 Å². The molecule has 0 aliphatic heterocycles. The number of aryl methyl sites for hydroxylation is 1. The highest BCUT2D eigenvalue weighted by Gasteiger charge is 1.99. The maximum Gasteiger partial charge on any atom is 0.122 e. The molecule has 0 amide bonds. The van der Waals surface area contributed by atoms with Gasteiger partial charge in [-0.25, -0.2) is 0 Å². The second kappa shape index (κ2) is 7.53. The number of unbranched alkanes of at least 4 members (excludes halogenated alkanes) is 1. The molecular weight excluding hydrogens is 222 g/mol. The summed E-state index contributed by atoms with van der Waals surface area (Å²) in [5.74, 6) is 0.918. The minimum absolute atomic E-state index is 0.701. The van der Waals surface area contributed by atoms with E-state index in [1.165, 1.54) is 12.8 Å². The third kappa shape index (κ3) is 4.86. The van der Waals surface area contributed by atoms with Gasteiger partial charge < -0.3 is 10.1 Å². The maximum absolute atomic E-state index is 5.87. The first kappa shape index (κ1) is 13.3. The van der Waals surface area contributed by atoms with Crippen LogP contribution in [0.15, 0.2) is 18.2 Å². The van der Waals surface area contributed by atoms with E-state index in [9.17, 15) is 0 Å². The smallest absolute Gasteiger partial charge is 0.122 e. The minimum atomic E-state index is 0.701. The molecule has 0 heterocycles. The molecule has 1 rings (SSSR count). The summed E-state index contributed by atoms with van der Waals surface area (Å²) in [6.07, 6.45) is 2.45. The molecule has 1 aromatic rings. The Morgan fingerprint density at radius 1 is 1.31 bits per heavy atom. The molecule has 0 saturated heterocycles. The summed E-state index contributed by atoms with van der Waals surface area (Å²) in [7, 11) is 0. The molecule has 0 aromatic heterocycles. The van der Waals surface area contributed by atoms with Crippen LogP contribution in [0, 0.1) is 6.92 Å². The number of benzene rings is 1. The molecule has 1 N–H and O–H groups in total. The second-order valence-electron chi connectivity index (χ2n) is 3.86. The van der Waals surface area contributed by atoms with Crippen molar-refractivity contribution in [3.8, 4) is 5.75 Å². The normalized spacial score (nSPS) is 10.4. The van der Waals surface area contributed by atoms with E-state index < -0.39 is 0 Å². The van der Waals surface area contributed by atoms with Crippen LogP contribution in [0.3, 0.4) is 0 Å². The van der Waals surface area contributed by atoms with E-state index in [1.807, 2.05) is 25.1 Å². The van der Waals surface area contributed by atoms with Gasteiger partial charge in [0.05, 0.1) is 0 Å². The van der Waals surface area contributed by atoms with Crippen molar-refractivity contribution >= 4 is 11.6 Å². The van der Waals surface area contributed by atoms with Gasteiger partial charge in [-0.1, -0.05) is 24.9 Å². The molecule has 0 aliphatic carbocycles. The van der Waals surface area contributed by atoms with Crippen LogP contribution in [0.1, 0.15) is 25.3 Å². The van der Waals surface area contributed by atoms with Crippen molar-refractivity contribution in [2.45, 2.75) is 26.7 Å². The molecule has 0 fully saturated rings. The van der Waals surface area contributed by atoms with Crippen LogP contribution in [0.2, 0.25) is 5.02 Å². The van der Waals surface area contributed by atoms with Crippen molar-refractivity contribution in [1.29, 1.82) is 0 Å². The van der Waals surface area contributed by atoms with Crippen LogP contribution in [0.5, 0.6) is 5.75 Å². The predicted octanol–water partition coefficient (Wildman–Crippen LogP) is 3.42. The second-order valence-corrected chi connectivity index (χ2v) is 4.30. The molecule has 0 spiro atoms. The van der Waals surface area contributed by atoms with Crippen molar-refractivity contribution in [3.63, 3.8) is 0 Å². The van der Waals surface area contributed by atoms with Crippen LogP contribution in [0.25, 0.3) is 0 Å². The lowest BCUT2D eigenvalue weighted by atomic mass is 10.2. The summed E-state index contributed by atoms with van der Waals surface area (Å²) in [6, 6.07) is 5.69. The zero-order valence-corrected chi connectivity index (χ0v) is 10.8. The molecule has 0 saturated carbocycles. The van der Waals surface area contributed by atoms with Crippen molar-refractivity contribution < 1.29 is 4.74 Å². The van der Waals surface area contributed by atoms with Crippen LogP contribution >= 0.6 is 11.6 Å². The third-order valence-electron chi connectivity index (χ3n) is 2.38. The first-order valence-electron chi connectivity index (χ1n) is 5.83. The summed E-state index contributed by atoms with van der Waals surface area (Å²) in [4.78, 5) is 0. The number of rotatable bonds is 7. The SMILES string of the molecule is CCCCNCCOc1ccc(Cl)cc1C. The van der Waals surface area contributed by atoms with Crippen molar-refractivity contribution in [2.75, 3.05) is 19.7 Å². The van der Waals surface area contributed by atoms with Crippen molar-refractivity contribution in [3.05, 3.63) is 28.8 Å². The van der Waals surface area contributed by atoms with Crippen LogP contribution in [0.4, 0.5) is 0 Å². The number of nitrogens with one attached hydrogen (secondary N) is 1. The predicted molar refractivity (Wildman–Crippen MR) is 69.5 cm³/mol. The van der Waals surface area contributed by atoms with E-state index >= 15 is 0 Å². The lowest BCUT2D eigenvalue weighted by Gasteiger charge is -2.09. The van der Waals surface area contributed by atoms with E-state index in [0.29, 0.717) is 6.61 Å². The molecule has 0 radical (unpaired) electrons. The zero-order valence-electron chi connectivity index (χ0n) is 10.1. The Kier molecular flexibility index (Phi) is 6.27. The highest BCUT2D eigenvalue weighted by atomic mass is 35.5. The highest BCUT2D eigenvalue weighted by Crippen LogP contribution is 2.21. The van der Waals surface area contributed by atoms with Crippen LogP contribution in [-0.2, 0) is 0 Å². The lowest BCUT2D eigenvalue weighted by molar-refractivity contribution is 0.312. The van der Waals surface area contributed by atoms with Gasteiger partial charge in [0.15, 0.2) is 0 Å². The van der Waals surface area contributed by atoms with Gasteiger partial charge in [0.2, 0.25) is 0 Å². The topological polar surface area (TPSA) is 21.3 Å². The van der Waals surface area contributed by atoms with Gasteiger partial charge in [0.25, 0.3) is 0 Å². The molecule has 3 heteroatoms.